The first-order chi connectivity index (χ1) is 14.7. The molecule has 0 aliphatic carbocycles. The number of nitrogens with zero attached hydrogens (tertiary/aromatic N) is 1. The Morgan fingerprint density at radius 1 is 0.567 bits per heavy atom. The number of aryl methyl sites for hydroxylation is 2. The van der Waals surface area contributed by atoms with Gasteiger partial charge in [-0.15, -0.1) is 0 Å². The fraction of sp³-hybridized carbons (Fsp3) is 0.0714. The molecule has 1 aromatic heterocycles. The Balaban J connectivity index is 1.55. The molecule has 0 radical (unpaired) electrons. The van der Waals surface area contributed by atoms with Crippen molar-refractivity contribution in [2.45, 2.75) is 13.8 Å². The predicted octanol–water partition coefficient (Wildman–Crippen LogP) is 8.19. The molecule has 0 saturated carbocycles. The number of hydrogen-bond donors (Lipinski definition) is 0. The van der Waals surface area contributed by atoms with E-state index in [-0.39, 0.29) is 0 Å². The van der Waals surface area contributed by atoms with Crippen LogP contribution in [0.4, 0.5) is 17.1 Å². The molecule has 0 bridgehead atoms. The van der Waals surface area contributed by atoms with Gasteiger partial charge in [-0.1, -0.05) is 53.6 Å². The molecule has 2 heteroatoms. The van der Waals surface area contributed by atoms with Gasteiger partial charge in [-0.25, -0.2) is 0 Å². The van der Waals surface area contributed by atoms with E-state index < -0.39 is 0 Å². The maximum atomic E-state index is 6.04. The normalized spacial score (nSPS) is 11.0. The van der Waals surface area contributed by atoms with Crippen LogP contribution in [0.5, 0.6) is 0 Å². The maximum absolute atomic E-state index is 6.04. The highest BCUT2D eigenvalue weighted by atomic mass is 16.3. The van der Waals surface area contributed by atoms with Gasteiger partial charge in [-0.05, 0) is 74.5 Å². The molecule has 0 fully saturated rings. The van der Waals surface area contributed by atoms with E-state index in [4.69, 9.17) is 4.42 Å². The third kappa shape index (κ3) is 3.48. The monoisotopic (exact) mass is 389 g/mol. The minimum atomic E-state index is 0.889. The number of rotatable bonds is 4. The van der Waals surface area contributed by atoms with Crippen molar-refractivity contribution in [1.82, 2.24) is 0 Å². The lowest BCUT2D eigenvalue weighted by Crippen LogP contribution is -2.09. The summed E-state index contributed by atoms with van der Waals surface area (Å²) >= 11 is 0. The van der Waals surface area contributed by atoms with E-state index in [2.05, 4.69) is 104 Å². The van der Waals surface area contributed by atoms with Gasteiger partial charge in [0.2, 0.25) is 0 Å². The van der Waals surface area contributed by atoms with Crippen molar-refractivity contribution < 1.29 is 4.42 Å². The van der Waals surface area contributed by atoms with Crippen LogP contribution in [-0.2, 0) is 0 Å². The predicted molar refractivity (Wildman–Crippen MR) is 126 cm³/mol. The van der Waals surface area contributed by atoms with Crippen LogP contribution in [0.2, 0.25) is 0 Å². The summed E-state index contributed by atoms with van der Waals surface area (Å²) in [6.45, 7) is 4.23. The highest BCUT2D eigenvalue weighted by Gasteiger charge is 2.13. The summed E-state index contributed by atoms with van der Waals surface area (Å²) in [4.78, 5) is 2.28. The summed E-state index contributed by atoms with van der Waals surface area (Å²) in [5, 5.41) is 1.12. The molecule has 0 amide bonds. The number of furan rings is 1. The zero-order valence-electron chi connectivity index (χ0n) is 17.2. The summed E-state index contributed by atoms with van der Waals surface area (Å²) < 4.78 is 6.04. The lowest BCUT2D eigenvalue weighted by molar-refractivity contribution is 0.631. The van der Waals surface area contributed by atoms with Gasteiger partial charge in [-0.2, -0.15) is 0 Å². The van der Waals surface area contributed by atoms with Gasteiger partial charge in [0.05, 0.1) is 0 Å². The molecule has 0 atom stereocenters. The summed E-state index contributed by atoms with van der Waals surface area (Å²) in [5.74, 6) is 0.889. The minimum absolute atomic E-state index is 0.889. The van der Waals surface area contributed by atoms with Crippen LogP contribution in [0.1, 0.15) is 11.1 Å². The Labute approximate surface area is 177 Å². The molecule has 2 nitrogen and oxygen atoms in total. The molecule has 0 unspecified atom stereocenters. The molecule has 0 spiro atoms. The van der Waals surface area contributed by atoms with Gasteiger partial charge >= 0.3 is 0 Å². The van der Waals surface area contributed by atoms with E-state index in [0.717, 1.165) is 39.4 Å². The van der Waals surface area contributed by atoms with Crippen LogP contribution in [0.25, 0.3) is 22.3 Å². The van der Waals surface area contributed by atoms with Crippen LogP contribution in [-0.4, -0.2) is 0 Å². The second-order valence-corrected chi connectivity index (χ2v) is 7.70. The molecule has 5 aromatic rings. The standard InChI is InChI=1S/C28H23NO/c1-20-7-13-24(14-8-20)29(25-15-9-21(2)10-16-25)26-17-11-22(12-18-26)28-19-23-5-3-4-6-27(23)30-28/h3-19H,1-2H3. The molecule has 5 rings (SSSR count). The topological polar surface area (TPSA) is 16.4 Å². The molecule has 0 aliphatic rings. The van der Waals surface area contributed by atoms with Crippen LogP contribution in [0.15, 0.2) is 108 Å². The third-order valence-corrected chi connectivity index (χ3v) is 5.42. The minimum Gasteiger partial charge on any atom is -0.456 e. The molecule has 4 aromatic carbocycles. The van der Waals surface area contributed by atoms with E-state index in [9.17, 15) is 0 Å². The fourth-order valence-corrected chi connectivity index (χ4v) is 3.73. The first kappa shape index (κ1) is 18.3. The molecular weight excluding hydrogens is 366 g/mol. The van der Waals surface area contributed by atoms with Crippen LogP contribution < -0.4 is 4.90 Å². The first-order valence-electron chi connectivity index (χ1n) is 10.2. The SMILES string of the molecule is Cc1ccc(N(c2ccc(C)cc2)c2ccc(-c3cc4ccccc4o3)cc2)cc1. The van der Waals surface area contributed by atoms with Crippen molar-refractivity contribution in [2.24, 2.45) is 0 Å². The van der Waals surface area contributed by atoms with E-state index in [1.807, 2.05) is 18.2 Å². The van der Waals surface area contributed by atoms with Gasteiger partial charge in [0, 0.05) is 28.0 Å². The van der Waals surface area contributed by atoms with Crippen molar-refractivity contribution in [3.8, 4) is 11.3 Å². The second kappa shape index (κ2) is 7.57. The second-order valence-electron chi connectivity index (χ2n) is 7.70. The van der Waals surface area contributed by atoms with E-state index >= 15 is 0 Å². The largest absolute Gasteiger partial charge is 0.456 e. The molecule has 30 heavy (non-hydrogen) atoms. The zero-order chi connectivity index (χ0) is 20.5. The number of para-hydroxylation sites is 1. The van der Waals surface area contributed by atoms with Crippen LogP contribution >= 0.6 is 0 Å². The lowest BCUT2D eigenvalue weighted by Gasteiger charge is -2.26. The fourth-order valence-electron chi connectivity index (χ4n) is 3.73. The summed E-state index contributed by atoms with van der Waals surface area (Å²) in [6.07, 6.45) is 0. The summed E-state index contributed by atoms with van der Waals surface area (Å²) in [7, 11) is 0. The van der Waals surface area contributed by atoms with Gasteiger partial charge in [0.1, 0.15) is 11.3 Å². The molecule has 146 valence electrons. The average molecular weight is 389 g/mol. The highest BCUT2D eigenvalue weighted by Crippen LogP contribution is 2.36. The van der Waals surface area contributed by atoms with E-state index in [1.165, 1.54) is 11.1 Å². The number of benzene rings is 4. The Hall–Kier alpha value is -3.78. The Morgan fingerprint density at radius 2 is 1.07 bits per heavy atom. The van der Waals surface area contributed by atoms with Gasteiger partial charge in [0.25, 0.3) is 0 Å². The van der Waals surface area contributed by atoms with Crippen molar-refractivity contribution in [3.63, 3.8) is 0 Å². The van der Waals surface area contributed by atoms with Crippen molar-refractivity contribution in [1.29, 1.82) is 0 Å². The Bertz CT molecular complexity index is 1200. The quantitative estimate of drug-likeness (QED) is 0.308. The third-order valence-electron chi connectivity index (χ3n) is 5.42. The average Bonchev–Trinajstić information content (AvgIpc) is 3.21. The summed E-state index contributed by atoms with van der Waals surface area (Å²) in [5.41, 5.74) is 7.88. The number of fused-ring (bicyclic) bond motifs is 1. The Morgan fingerprint density at radius 3 is 1.60 bits per heavy atom. The Kier molecular flexibility index (Phi) is 4.61. The number of anilines is 3. The van der Waals surface area contributed by atoms with Gasteiger partial charge in [0.15, 0.2) is 0 Å². The number of hydrogen-bond acceptors (Lipinski definition) is 2. The molecular formula is C28H23NO. The van der Waals surface area contributed by atoms with Crippen molar-refractivity contribution in [3.05, 3.63) is 114 Å². The molecule has 0 N–H and O–H groups in total. The van der Waals surface area contributed by atoms with Crippen molar-refractivity contribution in [2.75, 3.05) is 4.90 Å². The first-order valence-corrected chi connectivity index (χ1v) is 10.2. The molecule has 1 heterocycles. The summed E-state index contributed by atoms with van der Waals surface area (Å²) in [6, 6.07) is 36.1. The van der Waals surface area contributed by atoms with Crippen LogP contribution in [0, 0.1) is 13.8 Å². The van der Waals surface area contributed by atoms with E-state index in [0.29, 0.717) is 0 Å². The highest BCUT2D eigenvalue weighted by molar-refractivity contribution is 5.83. The van der Waals surface area contributed by atoms with E-state index in [1.54, 1.807) is 0 Å². The van der Waals surface area contributed by atoms with Crippen molar-refractivity contribution >= 4 is 28.0 Å². The van der Waals surface area contributed by atoms with Crippen LogP contribution in [0.3, 0.4) is 0 Å². The molecule has 0 aliphatic heterocycles. The molecule has 0 saturated heterocycles. The maximum Gasteiger partial charge on any atom is 0.135 e. The smallest absolute Gasteiger partial charge is 0.135 e. The van der Waals surface area contributed by atoms with Gasteiger partial charge in [-0.3, -0.25) is 0 Å². The zero-order valence-corrected chi connectivity index (χ0v) is 17.2. The van der Waals surface area contributed by atoms with Gasteiger partial charge < -0.3 is 9.32 Å². The lowest BCUT2D eigenvalue weighted by atomic mass is 10.1.